The van der Waals surface area contributed by atoms with E-state index in [1.165, 1.54) is 6.07 Å². The van der Waals surface area contributed by atoms with Crippen molar-refractivity contribution in [1.82, 2.24) is 10.3 Å². The zero-order chi connectivity index (χ0) is 10.4. The van der Waals surface area contributed by atoms with Gasteiger partial charge in [-0.05, 0) is 25.1 Å². The summed E-state index contributed by atoms with van der Waals surface area (Å²) >= 11 is 0. The van der Waals surface area contributed by atoms with Crippen LogP contribution in [0.5, 0.6) is 0 Å². The zero-order valence-corrected chi connectivity index (χ0v) is 8.76. The lowest BCUT2D eigenvalue weighted by Crippen LogP contribution is -2.30. The molecule has 0 spiro atoms. The second-order valence-corrected chi connectivity index (χ2v) is 3.30. The third kappa shape index (κ3) is 3.07. The highest BCUT2D eigenvalue weighted by Crippen LogP contribution is 2.07. The van der Waals surface area contributed by atoms with Crippen LogP contribution in [0.3, 0.4) is 0 Å². The molecule has 1 aromatic rings. The normalized spacial score (nSPS) is 12.8. The SMILES string of the molecule is CCNC(CC)Cc1ncccc1F. The molecule has 0 fully saturated rings. The highest BCUT2D eigenvalue weighted by molar-refractivity contribution is 5.08. The summed E-state index contributed by atoms with van der Waals surface area (Å²) in [6, 6.07) is 3.40. The Labute approximate surface area is 84.6 Å². The molecule has 0 saturated heterocycles. The molecule has 0 radical (unpaired) electrons. The lowest BCUT2D eigenvalue weighted by molar-refractivity contribution is 0.489. The molecule has 1 aromatic heterocycles. The predicted octanol–water partition coefficient (Wildman–Crippen LogP) is 2.15. The van der Waals surface area contributed by atoms with Gasteiger partial charge in [0, 0.05) is 18.7 Å². The smallest absolute Gasteiger partial charge is 0.144 e. The van der Waals surface area contributed by atoms with E-state index in [0.717, 1.165) is 13.0 Å². The molecule has 2 nitrogen and oxygen atoms in total. The number of aromatic nitrogens is 1. The molecule has 0 aliphatic heterocycles. The quantitative estimate of drug-likeness (QED) is 0.780. The number of nitrogens with one attached hydrogen (secondary N) is 1. The van der Waals surface area contributed by atoms with E-state index in [-0.39, 0.29) is 5.82 Å². The van der Waals surface area contributed by atoms with Crippen molar-refractivity contribution in [2.45, 2.75) is 32.7 Å². The first-order valence-corrected chi connectivity index (χ1v) is 5.10. The van der Waals surface area contributed by atoms with Gasteiger partial charge in [-0.3, -0.25) is 4.98 Å². The second-order valence-electron chi connectivity index (χ2n) is 3.30. The summed E-state index contributed by atoms with van der Waals surface area (Å²) < 4.78 is 13.2. The van der Waals surface area contributed by atoms with Gasteiger partial charge in [0.15, 0.2) is 0 Å². The van der Waals surface area contributed by atoms with Crippen molar-refractivity contribution in [2.75, 3.05) is 6.54 Å². The summed E-state index contributed by atoms with van der Waals surface area (Å²) in [5, 5.41) is 3.30. The van der Waals surface area contributed by atoms with E-state index in [1.54, 1.807) is 12.3 Å². The first-order chi connectivity index (χ1) is 6.77. The lowest BCUT2D eigenvalue weighted by Gasteiger charge is -2.15. The lowest BCUT2D eigenvalue weighted by atomic mass is 10.1. The van der Waals surface area contributed by atoms with Crippen molar-refractivity contribution >= 4 is 0 Å². The Morgan fingerprint density at radius 1 is 1.50 bits per heavy atom. The van der Waals surface area contributed by atoms with Crippen molar-refractivity contribution in [2.24, 2.45) is 0 Å². The molecular weight excluding hydrogens is 179 g/mol. The molecule has 0 aliphatic carbocycles. The molecule has 78 valence electrons. The van der Waals surface area contributed by atoms with Gasteiger partial charge < -0.3 is 5.32 Å². The van der Waals surface area contributed by atoms with Crippen molar-refractivity contribution in [3.8, 4) is 0 Å². The van der Waals surface area contributed by atoms with Crippen LogP contribution in [-0.4, -0.2) is 17.6 Å². The summed E-state index contributed by atoms with van der Waals surface area (Å²) in [6.45, 7) is 5.05. The maximum Gasteiger partial charge on any atom is 0.144 e. The number of rotatable bonds is 5. The molecule has 0 amide bonds. The van der Waals surface area contributed by atoms with Crippen LogP contribution in [0, 0.1) is 5.82 Å². The molecule has 1 heterocycles. The van der Waals surface area contributed by atoms with Gasteiger partial charge >= 0.3 is 0 Å². The number of hydrogen-bond donors (Lipinski definition) is 1. The van der Waals surface area contributed by atoms with Crippen LogP contribution in [-0.2, 0) is 6.42 Å². The summed E-state index contributed by atoms with van der Waals surface area (Å²) in [5.74, 6) is -0.205. The first kappa shape index (κ1) is 11.1. The fraction of sp³-hybridized carbons (Fsp3) is 0.545. The maximum atomic E-state index is 13.2. The average Bonchev–Trinajstić information content (AvgIpc) is 2.20. The van der Waals surface area contributed by atoms with Crippen LogP contribution in [0.4, 0.5) is 4.39 Å². The van der Waals surface area contributed by atoms with Gasteiger partial charge in [-0.2, -0.15) is 0 Å². The van der Waals surface area contributed by atoms with Crippen LogP contribution in [0.15, 0.2) is 18.3 Å². The van der Waals surface area contributed by atoms with Crippen molar-refractivity contribution in [1.29, 1.82) is 0 Å². The molecule has 0 aliphatic rings. The molecule has 0 bridgehead atoms. The molecular formula is C11H17FN2. The van der Waals surface area contributed by atoms with E-state index in [9.17, 15) is 4.39 Å². The van der Waals surface area contributed by atoms with Gasteiger partial charge in [0.2, 0.25) is 0 Å². The number of nitrogens with zero attached hydrogens (tertiary/aromatic N) is 1. The van der Waals surface area contributed by atoms with Crippen molar-refractivity contribution < 1.29 is 4.39 Å². The highest BCUT2D eigenvalue weighted by atomic mass is 19.1. The maximum absolute atomic E-state index is 13.2. The van der Waals surface area contributed by atoms with Crippen LogP contribution in [0.1, 0.15) is 26.0 Å². The second kappa shape index (κ2) is 5.70. The molecule has 1 N–H and O–H groups in total. The van der Waals surface area contributed by atoms with Crippen LogP contribution in [0.25, 0.3) is 0 Å². The minimum atomic E-state index is -0.205. The van der Waals surface area contributed by atoms with E-state index in [2.05, 4.69) is 24.1 Å². The largest absolute Gasteiger partial charge is 0.314 e. The van der Waals surface area contributed by atoms with Gasteiger partial charge in [-0.15, -0.1) is 0 Å². The fourth-order valence-corrected chi connectivity index (χ4v) is 1.45. The minimum absolute atomic E-state index is 0.205. The number of pyridine rings is 1. The van der Waals surface area contributed by atoms with Gasteiger partial charge in [-0.1, -0.05) is 13.8 Å². The summed E-state index contributed by atoms with van der Waals surface area (Å²) in [6.07, 6.45) is 3.29. The van der Waals surface area contributed by atoms with E-state index in [0.29, 0.717) is 18.2 Å². The van der Waals surface area contributed by atoms with E-state index in [1.807, 2.05) is 0 Å². The van der Waals surface area contributed by atoms with Gasteiger partial charge in [-0.25, -0.2) is 4.39 Å². The summed E-state index contributed by atoms with van der Waals surface area (Å²) in [7, 11) is 0. The highest BCUT2D eigenvalue weighted by Gasteiger charge is 2.09. The average molecular weight is 196 g/mol. The van der Waals surface area contributed by atoms with Crippen LogP contribution < -0.4 is 5.32 Å². The van der Waals surface area contributed by atoms with E-state index < -0.39 is 0 Å². The van der Waals surface area contributed by atoms with Crippen molar-refractivity contribution in [3.63, 3.8) is 0 Å². The first-order valence-electron chi connectivity index (χ1n) is 5.10. The molecule has 0 aromatic carbocycles. The summed E-state index contributed by atoms with van der Waals surface area (Å²) in [4.78, 5) is 4.03. The summed E-state index contributed by atoms with van der Waals surface area (Å²) in [5.41, 5.74) is 0.556. The number of halogens is 1. The molecule has 14 heavy (non-hydrogen) atoms. The van der Waals surface area contributed by atoms with Gasteiger partial charge in [0.25, 0.3) is 0 Å². The van der Waals surface area contributed by atoms with Gasteiger partial charge in [0.1, 0.15) is 5.82 Å². The molecule has 1 atom stereocenters. The zero-order valence-electron chi connectivity index (χ0n) is 8.76. The van der Waals surface area contributed by atoms with Crippen LogP contribution >= 0.6 is 0 Å². The number of likely N-dealkylation sites (N-methyl/N-ethyl adjacent to an activating group) is 1. The molecule has 1 unspecified atom stereocenters. The fourth-order valence-electron chi connectivity index (χ4n) is 1.45. The Balaban J connectivity index is 2.62. The minimum Gasteiger partial charge on any atom is -0.314 e. The topological polar surface area (TPSA) is 24.9 Å². The predicted molar refractivity (Wildman–Crippen MR) is 55.7 cm³/mol. The molecule has 0 saturated carbocycles. The Morgan fingerprint density at radius 3 is 2.86 bits per heavy atom. The standard InChI is InChI=1S/C11H17FN2/c1-3-9(13-4-2)8-11-10(12)6-5-7-14-11/h5-7,9,13H,3-4,8H2,1-2H3. The number of hydrogen-bond acceptors (Lipinski definition) is 2. The molecule has 3 heteroatoms. The monoisotopic (exact) mass is 196 g/mol. The third-order valence-corrected chi connectivity index (χ3v) is 2.26. The Bertz CT molecular complexity index is 276. The Hall–Kier alpha value is -0.960. The third-order valence-electron chi connectivity index (χ3n) is 2.26. The van der Waals surface area contributed by atoms with Crippen LogP contribution in [0.2, 0.25) is 0 Å². The Morgan fingerprint density at radius 2 is 2.29 bits per heavy atom. The Kier molecular flexibility index (Phi) is 4.53. The van der Waals surface area contributed by atoms with Gasteiger partial charge in [0.05, 0.1) is 5.69 Å². The van der Waals surface area contributed by atoms with E-state index in [4.69, 9.17) is 0 Å². The van der Waals surface area contributed by atoms with E-state index >= 15 is 0 Å². The molecule has 1 rings (SSSR count). The van der Waals surface area contributed by atoms with Crippen molar-refractivity contribution in [3.05, 3.63) is 29.8 Å².